The molecule has 3 nitrogen and oxygen atoms in total. The third kappa shape index (κ3) is 3.87. The number of nitrogens with one attached hydrogen (secondary N) is 1. The lowest BCUT2D eigenvalue weighted by Crippen LogP contribution is -1.94. The first-order valence-electron chi connectivity index (χ1n) is 5.52. The fourth-order valence-electron chi connectivity index (χ4n) is 1.60. The Bertz CT molecular complexity index is 436. The molecule has 0 aliphatic heterocycles. The van der Waals surface area contributed by atoms with E-state index < -0.39 is 0 Å². The summed E-state index contributed by atoms with van der Waals surface area (Å²) in [7, 11) is 1.59. The van der Waals surface area contributed by atoms with Crippen molar-refractivity contribution in [1.29, 1.82) is 5.41 Å². The zero-order valence-electron chi connectivity index (χ0n) is 10.2. The molecule has 0 aliphatic carbocycles. The van der Waals surface area contributed by atoms with Crippen molar-refractivity contribution >= 4 is 12.5 Å². The monoisotopic (exact) mass is 231 g/mol. The Hall–Kier alpha value is -1.90. The molecule has 0 saturated carbocycles. The Morgan fingerprint density at radius 2 is 2.18 bits per heavy atom. The number of hydrogen-bond acceptors (Lipinski definition) is 3. The van der Waals surface area contributed by atoms with Crippen LogP contribution in [0.25, 0.3) is 0 Å². The number of rotatable bonds is 6. The molecule has 0 bridgehead atoms. The van der Waals surface area contributed by atoms with Crippen molar-refractivity contribution < 1.29 is 9.53 Å². The molecule has 90 valence electrons. The summed E-state index contributed by atoms with van der Waals surface area (Å²) >= 11 is 0. The lowest BCUT2D eigenvalue weighted by molar-refractivity contribution is 0.112. The van der Waals surface area contributed by atoms with Crippen molar-refractivity contribution in [3.63, 3.8) is 0 Å². The average molecular weight is 231 g/mol. The summed E-state index contributed by atoms with van der Waals surface area (Å²) in [5, 5.41) is 7.21. The third-order valence-electron chi connectivity index (χ3n) is 2.62. The summed E-state index contributed by atoms with van der Waals surface area (Å²) < 4.78 is 5.14. The van der Waals surface area contributed by atoms with E-state index in [0.717, 1.165) is 30.3 Å². The first kappa shape index (κ1) is 13.2. The maximum absolute atomic E-state index is 10.8. The van der Waals surface area contributed by atoms with Crippen LogP contribution >= 0.6 is 0 Å². The highest BCUT2D eigenvalue weighted by molar-refractivity contribution is 5.76. The molecule has 0 unspecified atom stereocenters. The van der Waals surface area contributed by atoms with Gasteiger partial charge in [0.1, 0.15) is 12.0 Å². The van der Waals surface area contributed by atoms with Crippen molar-refractivity contribution in [2.75, 3.05) is 7.11 Å². The SMILES string of the molecule is C/C=C(\C=N)CCc1cc(C=O)cc(OC)c1. The summed E-state index contributed by atoms with van der Waals surface area (Å²) in [6.45, 7) is 1.92. The zero-order chi connectivity index (χ0) is 12.7. The van der Waals surface area contributed by atoms with Crippen LogP contribution in [0.2, 0.25) is 0 Å². The van der Waals surface area contributed by atoms with Gasteiger partial charge in [0.25, 0.3) is 0 Å². The molecule has 0 radical (unpaired) electrons. The quantitative estimate of drug-likeness (QED) is 0.604. The molecule has 0 aliphatic rings. The summed E-state index contributed by atoms with van der Waals surface area (Å²) in [5.74, 6) is 0.696. The molecule has 3 heteroatoms. The zero-order valence-corrected chi connectivity index (χ0v) is 10.2. The Labute approximate surface area is 102 Å². The molecule has 0 saturated heterocycles. The first-order chi connectivity index (χ1) is 8.23. The van der Waals surface area contributed by atoms with E-state index in [0.29, 0.717) is 11.3 Å². The molecular weight excluding hydrogens is 214 g/mol. The van der Waals surface area contributed by atoms with Crippen LogP contribution in [0, 0.1) is 5.41 Å². The van der Waals surface area contributed by atoms with Gasteiger partial charge < -0.3 is 10.1 Å². The van der Waals surface area contributed by atoms with Crippen LogP contribution in [0.1, 0.15) is 29.3 Å². The highest BCUT2D eigenvalue weighted by Crippen LogP contribution is 2.18. The van der Waals surface area contributed by atoms with E-state index in [1.54, 1.807) is 13.2 Å². The van der Waals surface area contributed by atoms with Crippen LogP contribution in [0.5, 0.6) is 5.75 Å². The second kappa shape index (κ2) is 6.63. The molecule has 17 heavy (non-hydrogen) atoms. The highest BCUT2D eigenvalue weighted by atomic mass is 16.5. The molecule has 1 rings (SSSR count). The molecule has 1 aromatic rings. The standard InChI is InChI=1S/C14H17NO2/c1-3-11(9-15)4-5-12-6-13(10-16)8-14(7-12)17-2/h3,6-10,15H,4-5H2,1-2H3/b11-3-,15-9?. The van der Waals surface area contributed by atoms with Gasteiger partial charge in [-0.3, -0.25) is 4.79 Å². The van der Waals surface area contributed by atoms with Crippen molar-refractivity contribution in [2.24, 2.45) is 0 Å². The van der Waals surface area contributed by atoms with E-state index in [2.05, 4.69) is 0 Å². The number of benzene rings is 1. The van der Waals surface area contributed by atoms with Gasteiger partial charge in [-0.05, 0) is 49.1 Å². The largest absolute Gasteiger partial charge is 0.497 e. The number of carbonyl (C=O) groups is 1. The lowest BCUT2D eigenvalue weighted by atomic mass is 10.0. The maximum atomic E-state index is 10.8. The van der Waals surface area contributed by atoms with Crippen molar-refractivity contribution in [3.8, 4) is 5.75 Å². The van der Waals surface area contributed by atoms with Crippen LogP contribution in [-0.4, -0.2) is 19.6 Å². The summed E-state index contributed by atoms with van der Waals surface area (Å²) in [6, 6.07) is 5.49. The minimum absolute atomic E-state index is 0.622. The van der Waals surface area contributed by atoms with E-state index in [-0.39, 0.29) is 0 Å². The number of methoxy groups -OCH3 is 1. The number of aldehydes is 1. The van der Waals surface area contributed by atoms with Gasteiger partial charge in [-0.1, -0.05) is 6.08 Å². The summed E-state index contributed by atoms with van der Waals surface area (Å²) in [5.41, 5.74) is 2.66. The molecule has 0 atom stereocenters. The van der Waals surface area contributed by atoms with Crippen LogP contribution in [0.15, 0.2) is 29.8 Å². The van der Waals surface area contributed by atoms with Gasteiger partial charge in [0, 0.05) is 11.8 Å². The number of carbonyl (C=O) groups excluding carboxylic acids is 1. The predicted molar refractivity (Wildman–Crippen MR) is 69.2 cm³/mol. The topological polar surface area (TPSA) is 50.2 Å². The van der Waals surface area contributed by atoms with Crippen LogP contribution < -0.4 is 4.74 Å². The minimum atomic E-state index is 0.622. The Morgan fingerprint density at radius 3 is 2.71 bits per heavy atom. The molecule has 0 aromatic heterocycles. The molecule has 0 heterocycles. The predicted octanol–water partition coefficient (Wildman–Crippen LogP) is 3.04. The van der Waals surface area contributed by atoms with Crippen molar-refractivity contribution in [2.45, 2.75) is 19.8 Å². The van der Waals surface area contributed by atoms with Crippen molar-refractivity contribution in [1.82, 2.24) is 0 Å². The smallest absolute Gasteiger partial charge is 0.150 e. The van der Waals surface area contributed by atoms with E-state index in [4.69, 9.17) is 10.1 Å². The number of aryl methyl sites for hydroxylation is 1. The van der Waals surface area contributed by atoms with Crippen LogP contribution in [-0.2, 0) is 6.42 Å². The maximum Gasteiger partial charge on any atom is 0.150 e. The Morgan fingerprint density at radius 1 is 1.41 bits per heavy atom. The number of ether oxygens (including phenoxy) is 1. The molecule has 1 N–H and O–H groups in total. The number of allylic oxidation sites excluding steroid dienone is 2. The van der Waals surface area contributed by atoms with E-state index >= 15 is 0 Å². The molecule has 0 spiro atoms. The Balaban J connectivity index is 2.83. The van der Waals surface area contributed by atoms with Gasteiger partial charge in [-0.2, -0.15) is 0 Å². The van der Waals surface area contributed by atoms with Gasteiger partial charge in [0.15, 0.2) is 0 Å². The normalized spacial score (nSPS) is 11.1. The second-order valence-corrected chi connectivity index (χ2v) is 3.74. The third-order valence-corrected chi connectivity index (χ3v) is 2.62. The Kier molecular flexibility index (Phi) is 5.14. The summed E-state index contributed by atoms with van der Waals surface area (Å²) in [6.07, 6.45) is 5.70. The lowest BCUT2D eigenvalue weighted by Gasteiger charge is -2.06. The van der Waals surface area contributed by atoms with E-state index in [9.17, 15) is 4.79 Å². The van der Waals surface area contributed by atoms with Crippen molar-refractivity contribution in [3.05, 3.63) is 41.0 Å². The molecule has 0 amide bonds. The fourth-order valence-corrected chi connectivity index (χ4v) is 1.60. The number of hydrogen-bond donors (Lipinski definition) is 1. The first-order valence-corrected chi connectivity index (χ1v) is 5.52. The van der Waals surface area contributed by atoms with Gasteiger partial charge in [-0.25, -0.2) is 0 Å². The molecule has 1 aromatic carbocycles. The van der Waals surface area contributed by atoms with Gasteiger partial charge in [0.2, 0.25) is 0 Å². The molecule has 0 fully saturated rings. The second-order valence-electron chi connectivity index (χ2n) is 3.74. The van der Waals surface area contributed by atoms with Gasteiger partial charge in [-0.15, -0.1) is 0 Å². The summed E-state index contributed by atoms with van der Waals surface area (Å²) in [4.78, 5) is 10.8. The minimum Gasteiger partial charge on any atom is -0.497 e. The van der Waals surface area contributed by atoms with Crippen LogP contribution in [0.4, 0.5) is 0 Å². The molecular formula is C14H17NO2. The van der Waals surface area contributed by atoms with Gasteiger partial charge >= 0.3 is 0 Å². The van der Waals surface area contributed by atoms with Crippen LogP contribution in [0.3, 0.4) is 0 Å². The van der Waals surface area contributed by atoms with E-state index in [1.165, 1.54) is 6.21 Å². The average Bonchev–Trinajstić information content (AvgIpc) is 2.39. The van der Waals surface area contributed by atoms with E-state index in [1.807, 2.05) is 25.1 Å². The van der Waals surface area contributed by atoms with Gasteiger partial charge in [0.05, 0.1) is 7.11 Å². The highest BCUT2D eigenvalue weighted by Gasteiger charge is 2.02. The fraction of sp³-hybridized carbons (Fsp3) is 0.286.